The van der Waals surface area contributed by atoms with Gasteiger partial charge in [-0.2, -0.15) is 10.4 Å². The van der Waals surface area contributed by atoms with Crippen molar-refractivity contribution in [3.63, 3.8) is 0 Å². The van der Waals surface area contributed by atoms with Gasteiger partial charge in [0.2, 0.25) is 0 Å². The van der Waals surface area contributed by atoms with Crippen molar-refractivity contribution in [2.45, 2.75) is 13.5 Å². The molecule has 0 radical (unpaired) electrons. The molecule has 1 aromatic rings. The van der Waals surface area contributed by atoms with Gasteiger partial charge < -0.3 is 0 Å². The first-order chi connectivity index (χ1) is 5.27. The molecule has 0 aromatic carbocycles. The summed E-state index contributed by atoms with van der Waals surface area (Å²) in [6.45, 7) is 1.55. The summed E-state index contributed by atoms with van der Waals surface area (Å²) in [4.78, 5) is 0. The van der Waals surface area contributed by atoms with Crippen molar-refractivity contribution < 1.29 is 4.39 Å². The number of hydrogen-bond acceptors (Lipinski definition) is 2. The molecule has 58 valence electrons. The molecule has 1 rings (SSSR count). The Hall–Kier alpha value is -1.37. The minimum absolute atomic E-state index is 0.225. The molecular weight excluding hydrogens is 145 g/mol. The highest BCUT2D eigenvalue weighted by Crippen LogP contribution is 2.02. The average Bonchev–Trinajstić information content (AvgIpc) is 2.32. The zero-order valence-electron chi connectivity index (χ0n) is 6.21. The molecule has 0 amide bonds. The lowest BCUT2D eigenvalue weighted by atomic mass is 10.3. The molecule has 4 heteroatoms. The van der Waals surface area contributed by atoms with Gasteiger partial charge in [-0.1, -0.05) is 0 Å². The van der Waals surface area contributed by atoms with E-state index in [9.17, 15) is 4.39 Å². The van der Waals surface area contributed by atoms with Crippen LogP contribution in [0.1, 0.15) is 11.3 Å². The van der Waals surface area contributed by atoms with Crippen LogP contribution in [0.3, 0.4) is 0 Å². The van der Waals surface area contributed by atoms with E-state index in [0.717, 1.165) is 5.56 Å². The van der Waals surface area contributed by atoms with Crippen molar-refractivity contribution in [2.75, 3.05) is 6.67 Å². The van der Waals surface area contributed by atoms with Crippen LogP contribution in [0.2, 0.25) is 0 Å². The van der Waals surface area contributed by atoms with E-state index < -0.39 is 6.67 Å². The zero-order chi connectivity index (χ0) is 8.27. The van der Waals surface area contributed by atoms with Crippen LogP contribution in [0, 0.1) is 18.3 Å². The van der Waals surface area contributed by atoms with E-state index in [1.165, 1.54) is 4.68 Å². The van der Waals surface area contributed by atoms with Crippen LogP contribution in [0.4, 0.5) is 4.39 Å². The first-order valence-electron chi connectivity index (χ1n) is 3.28. The summed E-state index contributed by atoms with van der Waals surface area (Å²) >= 11 is 0. The Bertz CT molecular complexity index is 284. The van der Waals surface area contributed by atoms with Gasteiger partial charge in [0.25, 0.3) is 0 Å². The molecular formula is C7H8FN3. The van der Waals surface area contributed by atoms with Crippen LogP contribution in [-0.4, -0.2) is 16.5 Å². The second kappa shape index (κ2) is 3.15. The molecule has 1 heterocycles. The Morgan fingerprint density at radius 2 is 2.55 bits per heavy atom. The van der Waals surface area contributed by atoms with E-state index in [0.29, 0.717) is 5.69 Å². The molecule has 0 spiro atoms. The molecule has 0 N–H and O–H groups in total. The molecule has 11 heavy (non-hydrogen) atoms. The van der Waals surface area contributed by atoms with E-state index in [1.807, 2.05) is 6.07 Å². The smallest absolute Gasteiger partial charge is 0.165 e. The highest BCUT2D eigenvalue weighted by atomic mass is 19.1. The minimum atomic E-state index is -0.452. The van der Waals surface area contributed by atoms with Crippen LogP contribution < -0.4 is 0 Å². The largest absolute Gasteiger partial charge is 0.269 e. The molecule has 0 unspecified atom stereocenters. The monoisotopic (exact) mass is 153 g/mol. The van der Waals surface area contributed by atoms with E-state index in [-0.39, 0.29) is 6.54 Å². The Balaban J connectivity index is 2.89. The van der Waals surface area contributed by atoms with Gasteiger partial charge in [-0.25, -0.2) is 4.39 Å². The van der Waals surface area contributed by atoms with Crippen LogP contribution in [0.5, 0.6) is 0 Å². The first-order valence-corrected chi connectivity index (χ1v) is 3.28. The fourth-order valence-electron chi connectivity index (χ4n) is 0.833. The molecule has 0 atom stereocenters. The van der Waals surface area contributed by atoms with Crippen molar-refractivity contribution in [2.24, 2.45) is 0 Å². The number of alkyl halides is 1. The number of nitriles is 1. The first kappa shape index (κ1) is 7.73. The topological polar surface area (TPSA) is 41.6 Å². The van der Waals surface area contributed by atoms with E-state index >= 15 is 0 Å². The van der Waals surface area contributed by atoms with Crippen molar-refractivity contribution in [1.29, 1.82) is 5.26 Å². The molecule has 0 fully saturated rings. The zero-order valence-corrected chi connectivity index (χ0v) is 6.21. The van der Waals surface area contributed by atoms with Gasteiger partial charge in [0.1, 0.15) is 12.7 Å². The normalized spacial score (nSPS) is 9.55. The summed E-state index contributed by atoms with van der Waals surface area (Å²) in [5, 5.41) is 12.3. The number of hydrogen-bond donors (Lipinski definition) is 0. The number of aryl methyl sites for hydroxylation is 2. The Morgan fingerprint density at radius 3 is 3.00 bits per heavy atom. The Morgan fingerprint density at radius 1 is 1.82 bits per heavy atom. The average molecular weight is 153 g/mol. The number of nitrogens with zero attached hydrogens (tertiary/aromatic N) is 3. The maximum Gasteiger partial charge on any atom is 0.165 e. The molecule has 0 bridgehead atoms. The van der Waals surface area contributed by atoms with Gasteiger partial charge in [0.15, 0.2) is 5.69 Å². The molecule has 3 nitrogen and oxygen atoms in total. The highest BCUT2D eigenvalue weighted by Gasteiger charge is 2.01. The molecule has 0 aliphatic rings. The van der Waals surface area contributed by atoms with E-state index in [2.05, 4.69) is 5.10 Å². The number of aromatic nitrogens is 2. The predicted octanol–water partition coefficient (Wildman–Crippen LogP) is 1.03. The minimum Gasteiger partial charge on any atom is -0.269 e. The molecule has 0 aliphatic carbocycles. The van der Waals surface area contributed by atoms with Crippen LogP contribution in [0.25, 0.3) is 0 Å². The highest BCUT2D eigenvalue weighted by molar-refractivity contribution is 5.27. The second-order valence-electron chi connectivity index (χ2n) is 2.22. The fourth-order valence-corrected chi connectivity index (χ4v) is 0.833. The van der Waals surface area contributed by atoms with Gasteiger partial charge in [-0.05, 0) is 6.92 Å². The van der Waals surface area contributed by atoms with Crippen molar-refractivity contribution in [3.8, 4) is 6.07 Å². The SMILES string of the molecule is Cc1cn(CCF)nc1C#N. The lowest BCUT2D eigenvalue weighted by Crippen LogP contribution is -1.99. The quantitative estimate of drug-likeness (QED) is 0.636. The van der Waals surface area contributed by atoms with Gasteiger partial charge in [-0.15, -0.1) is 0 Å². The summed E-state index contributed by atoms with van der Waals surface area (Å²) in [6, 6.07) is 1.92. The summed E-state index contributed by atoms with van der Waals surface area (Å²) in [5.41, 5.74) is 1.17. The third-order valence-electron chi connectivity index (χ3n) is 1.36. The van der Waals surface area contributed by atoms with Gasteiger partial charge in [0, 0.05) is 11.8 Å². The second-order valence-corrected chi connectivity index (χ2v) is 2.22. The summed E-state index contributed by atoms with van der Waals surface area (Å²) in [5.74, 6) is 0. The maximum atomic E-state index is 11.8. The van der Waals surface area contributed by atoms with Crippen molar-refractivity contribution in [3.05, 3.63) is 17.5 Å². The lowest BCUT2D eigenvalue weighted by Gasteiger charge is -1.91. The van der Waals surface area contributed by atoms with Gasteiger partial charge in [0.05, 0.1) is 6.54 Å². The maximum absolute atomic E-state index is 11.8. The number of rotatable bonds is 2. The van der Waals surface area contributed by atoms with Gasteiger partial charge >= 0.3 is 0 Å². The third kappa shape index (κ3) is 1.55. The van der Waals surface area contributed by atoms with E-state index in [1.54, 1.807) is 13.1 Å². The van der Waals surface area contributed by atoms with Crippen molar-refractivity contribution in [1.82, 2.24) is 9.78 Å². The Kier molecular flexibility index (Phi) is 2.21. The predicted molar refractivity (Wildman–Crippen MR) is 37.7 cm³/mol. The summed E-state index contributed by atoms with van der Waals surface area (Å²) in [7, 11) is 0. The molecule has 1 aromatic heterocycles. The molecule has 0 saturated heterocycles. The summed E-state index contributed by atoms with van der Waals surface area (Å²) < 4.78 is 13.2. The third-order valence-corrected chi connectivity index (χ3v) is 1.36. The van der Waals surface area contributed by atoms with Crippen LogP contribution >= 0.6 is 0 Å². The standard InChI is InChI=1S/C7H8FN3/c1-6-5-11(3-2-8)10-7(6)4-9/h5H,2-3H2,1H3. The van der Waals surface area contributed by atoms with E-state index in [4.69, 9.17) is 5.26 Å². The fraction of sp³-hybridized carbons (Fsp3) is 0.429. The molecule has 0 aliphatic heterocycles. The molecule has 0 saturated carbocycles. The van der Waals surface area contributed by atoms with Gasteiger partial charge in [-0.3, -0.25) is 4.68 Å². The van der Waals surface area contributed by atoms with Crippen LogP contribution in [-0.2, 0) is 6.54 Å². The van der Waals surface area contributed by atoms with Crippen LogP contribution in [0.15, 0.2) is 6.20 Å². The Labute approximate surface area is 64.1 Å². The summed E-state index contributed by atoms with van der Waals surface area (Å²) in [6.07, 6.45) is 1.66. The number of halogens is 1. The lowest BCUT2D eigenvalue weighted by molar-refractivity contribution is 0.427. The van der Waals surface area contributed by atoms with Crippen molar-refractivity contribution >= 4 is 0 Å².